The molecule has 0 rings (SSSR count). The highest BCUT2D eigenvalue weighted by Gasteiger charge is 2.02. The zero-order valence-electron chi connectivity index (χ0n) is 15.0. The molecule has 0 heterocycles. The third kappa shape index (κ3) is 34.0. The zero-order chi connectivity index (χ0) is 18.4. The summed E-state index contributed by atoms with van der Waals surface area (Å²) >= 11 is 4.71. The van der Waals surface area contributed by atoms with E-state index < -0.39 is 8.77 Å². The minimum Gasteiger partial charge on any atom is -0.303 e. The predicted octanol–water partition coefficient (Wildman–Crippen LogP) is 4.40. The summed E-state index contributed by atoms with van der Waals surface area (Å²) in [5.41, 5.74) is 0. The number of hydrogen-bond donors (Lipinski definition) is 0. The summed E-state index contributed by atoms with van der Waals surface area (Å²) in [4.78, 5) is 19.2. The Morgan fingerprint density at radius 1 is 0.957 bits per heavy atom. The van der Waals surface area contributed by atoms with Gasteiger partial charge in [-0.1, -0.05) is 39.7 Å². The molecule has 4 nitrogen and oxygen atoms in total. The molecule has 0 bridgehead atoms. The molecule has 23 heavy (non-hydrogen) atoms. The van der Waals surface area contributed by atoms with Gasteiger partial charge in [-0.15, -0.1) is 6.58 Å². The van der Waals surface area contributed by atoms with Gasteiger partial charge >= 0.3 is 0 Å². The number of carbonyl (C=O) groups is 2. The first-order chi connectivity index (χ1) is 10.9. The Hall–Kier alpha value is -0.590. The number of unbranched alkanes of at least 4 members (excludes halogenated alkanes) is 4. The van der Waals surface area contributed by atoms with Crippen LogP contribution in [0.3, 0.4) is 0 Å². The largest absolute Gasteiger partial charge is 0.303 e. The van der Waals surface area contributed by atoms with Crippen LogP contribution in [0.15, 0.2) is 12.7 Å². The fourth-order valence-electron chi connectivity index (χ4n) is 1.18. The Bertz CT molecular complexity index is 344. The fraction of sp³-hybridized carbons (Fsp3) is 0.765. The van der Waals surface area contributed by atoms with E-state index in [0.717, 1.165) is 44.7 Å². The third-order valence-electron chi connectivity index (χ3n) is 2.34. The molecule has 0 saturated heterocycles. The van der Waals surface area contributed by atoms with E-state index in [2.05, 4.69) is 13.5 Å². The van der Waals surface area contributed by atoms with E-state index in [-0.39, 0.29) is 0 Å². The van der Waals surface area contributed by atoms with Crippen molar-refractivity contribution in [3.63, 3.8) is 0 Å². The molecule has 0 amide bonds. The maximum absolute atomic E-state index is 11.1. The summed E-state index contributed by atoms with van der Waals surface area (Å²) < 4.78 is 16.1. The molecule has 0 aliphatic carbocycles. The van der Waals surface area contributed by atoms with Gasteiger partial charge in [-0.2, -0.15) is 0 Å². The van der Waals surface area contributed by atoms with Crippen LogP contribution in [0, 0.1) is 0 Å². The van der Waals surface area contributed by atoms with E-state index in [1.807, 2.05) is 13.8 Å². The summed E-state index contributed by atoms with van der Waals surface area (Å²) in [7, 11) is -2.36. The van der Waals surface area contributed by atoms with Crippen molar-refractivity contribution in [1.82, 2.24) is 0 Å². The number of allylic oxidation sites excluding steroid dienone is 1. The Balaban J connectivity index is -0.000000272. The van der Waals surface area contributed by atoms with Crippen LogP contribution < -0.4 is 0 Å². The van der Waals surface area contributed by atoms with Gasteiger partial charge in [0, 0.05) is 29.8 Å². The van der Waals surface area contributed by atoms with Crippen molar-refractivity contribution in [3.05, 3.63) is 12.7 Å². The van der Waals surface area contributed by atoms with Gasteiger partial charge in [0.1, 0.15) is 21.3 Å². The number of aldehydes is 2. The van der Waals surface area contributed by atoms with Gasteiger partial charge < -0.3 is 9.59 Å². The molecule has 0 aromatic carbocycles. The van der Waals surface area contributed by atoms with Gasteiger partial charge in [0.15, 0.2) is 0 Å². The van der Waals surface area contributed by atoms with Crippen molar-refractivity contribution in [3.8, 4) is 0 Å². The van der Waals surface area contributed by atoms with Gasteiger partial charge in [-0.25, -0.2) is 4.21 Å². The second-order valence-electron chi connectivity index (χ2n) is 4.78. The molecule has 0 spiro atoms. The van der Waals surface area contributed by atoms with Crippen molar-refractivity contribution in [2.75, 3.05) is 12.4 Å². The normalized spacial score (nSPS) is 11.8. The summed E-state index contributed by atoms with van der Waals surface area (Å²) in [6, 6.07) is 0. The average molecular weight is 367 g/mol. The van der Waals surface area contributed by atoms with Gasteiger partial charge in [0.05, 0.1) is 6.61 Å². The Kier molecular flexibility index (Phi) is 28.1. The number of rotatable bonds is 12. The Morgan fingerprint density at radius 3 is 1.91 bits per heavy atom. The topological polar surface area (TPSA) is 60.4 Å². The van der Waals surface area contributed by atoms with Crippen LogP contribution >= 0.6 is 0 Å². The van der Waals surface area contributed by atoms with E-state index in [0.29, 0.717) is 18.8 Å². The van der Waals surface area contributed by atoms with Crippen molar-refractivity contribution in [2.45, 2.75) is 72.1 Å². The highest BCUT2D eigenvalue weighted by Crippen LogP contribution is 1.97. The quantitative estimate of drug-likeness (QED) is 0.291. The molecule has 0 aliphatic heterocycles. The molecule has 0 fully saturated rings. The molecule has 0 N–H and O–H groups in total. The van der Waals surface area contributed by atoms with Gasteiger partial charge in [0.2, 0.25) is 0 Å². The molecule has 0 aromatic heterocycles. The molecular weight excluding hydrogens is 332 g/mol. The second-order valence-corrected chi connectivity index (χ2v) is 8.06. The average Bonchev–Trinajstić information content (AvgIpc) is 2.53. The van der Waals surface area contributed by atoms with Crippen molar-refractivity contribution < 1.29 is 18.0 Å². The molecule has 0 saturated carbocycles. The summed E-state index contributed by atoms with van der Waals surface area (Å²) in [5.74, 6) is 0.502. The van der Waals surface area contributed by atoms with Crippen molar-refractivity contribution in [1.29, 1.82) is 0 Å². The zero-order valence-corrected chi connectivity index (χ0v) is 16.6. The maximum Gasteiger partial charge on any atom is 0.144 e. The first kappa shape index (κ1) is 27.3. The smallest absolute Gasteiger partial charge is 0.144 e. The summed E-state index contributed by atoms with van der Waals surface area (Å²) in [5, 5.41) is 0. The third-order valence-corrected chi connectivity index (χ3v) is 4.56. The van der Waals surface area contributed by atoms with Crippen LogP contribution in [0.1, 0.15) is 72.1 Å². The molecule has 6 heteroatoms. The van der Waals surface area contributed by atoms with Crippen LogP contribution in [-0.4, -0.2) is 29.1 Å². The lowest BCUT2D eigenvalue weighted by Gasteiger charge is -2.04. The second kappa shape index (κ2) is 23.7. The minimum absolute atomic E-state index is 0.502. The van der Waals surface area contributed by atoms with Crippen LogP contribution in [0.4, 0.5) is 0 Å². The minimum atomic E-state index is -2.36. The first-order valence-corrected chi connectivity index (χ1v) is 10.9. The lowest BCUT2D eigenvalue weighted by atomic mass is 10.2. The van der Waals surface area contributed by atoms with Crippen LogP contribution in [0.2, 0.25) is 0 Å². The van der Waals surface area contributed by atoms with Gasteiger partial charge in [-0.3, -0.25) is 4.18 Å². The summed E-state index contributed by atoms with van der Waals surface area (Å²) in [6.07, 6.45) is 10.9. The molecule has 138 valence electrons. The van der Waals surface area contributed by atoms with Gasteiger partial charge in [-0.05, 0) is 25.7 Å². The van der Waals surface area contributed by atoms with Crippen molar-refractivity contribution in [2.24, 2.45) is 0 Å². The number of hydrogen-bond acceptors (Lipinski definition) is 5. The lowest BCUT2D eigenvalue weighted by Crippen LogP contribution is -2.08. The highest BCUT2D eigenvalue weighted by atomic mass is 32.8. The summed E-state index contributed by atoms with van der Waals surface area (Å²) in [6.45, 7) is 10.0. The standard InChI is InChI=1S/C6H14O2S2.C6H12O.C5H8O/c1-3-5-8-10(7,9)6-4-2;1-2-3-4-5-6-7;1-2-3-4-5-6/h3-6H2,1-2H3;6H,2-5H2,1H3;2,5H,1,3-4H2. The molecule has 1 atom stereocenters. The fourth-order valence-corrected chi connectivity index (χ4v) is 2.93. The van der Waals surface area contributed by atoms with E-state index in [9.17, 15) is 13.8 Å². The highest BCUT2D eigenvalue weighted by molar-refractivity contribution is 8.30. The SMILES string of the molecule is C=CCCC=O.CCCCCC=O.CCCOS(=O)(=S)CCC. The Labute approximate surface area is 147 Å². The van der Waals surface area contributed by atoms with Crippen LogP contribution in [-0.2, 0) is 33.7 Å². The van der Waals surface area contributed by atoms with E-state index in [1.165, 1.54) is 12.8 Å². The van der Waals surface area contributed by atoms with Crippen molar-refractivity contribution >= 4 is 32.5 Å². The molecule has 0 radical (unpaired) electrons. The first-order valence-electron chi connectivity index (χ1n) is 8.30. The maximum atomic E-state index is 11.1. The van der Waals surface area contributed by atoms with Gasteiger partial charge in [0.25, 0.3) is 0 Å². The van der Waals surface area contributed by atoms with E-state index in [4.69, 9.17) is 15.4 Å². The van der Waals surface area contributed by atoms with E-state index in [1.54, 1.807) is 6.08 Å². The van der Waals surface area contributed by atoms with E-state index >= 15 is 0 Å². The lowest BCUT2D eigenvalue weighted by molar-refractivity contribution is -0.108. The molecule has 0 aromatic rings. The Morgan fingerprint density at radius 2 is 1.57 bits per heavy atom. The number of carbonyl (C=O) groups excluding carboxylic acids is 2. The molecule has 1 unspecified atom stereocenters. The molecule has 0 aliphatic rings. The molecular formula is C17H34O4S2. The van der Waals surface area contributed by atoms with Crippen LogP contribution in [0.25, 0.3) is 0 Å². The van der Waals surface area contributed by atoms with Crippen LogP contribution in [0.5, 0.6) is 0 Å². The monoisotopic (exact) mass is 366 g/mol. The predicted molar refractivity (Wildman–Crippen MR) is 103 cm³/mol.